The van der Waals surface area contributed by atoms with Gasteiger partial charge in [-0.25, -0.2) is 9.13 Å². The minimum Gasteiger partial charge on any atom is -0.463 e. The Morgan fingerprint density at radius 1 is 0.277 bits per heavy atom. The number of carbonyl (C=O) groups is 3. The molecule has 0 bridgehead atoms. The summed E-state index contributed by atoms with van der Waals surface area (Å²) in [5.74, 6) is -1.61. The Bertz CT molecular complexity index is 2470. The Morgan fingerprint density at radius 2 is 0.495 bits per heavy atom. The molecule has 0 aliphatic carbocycles. The first kappa shape index (κ1) is 96.2. The Hall–Kier alpha value is -4.83. The van der Waals surface area contributed by atoms with Crippen LogP contribution >= 0.6 is 15.6 Å². The van der Waals surface area contributed by atoms with Crippen molar-refractivity contribution in [3.05, 3.63) is 158 Å². The summed E-state index contributed by atoms with van der Waals surface area (Å²) in [7, 11) is -9.81. The number of ether oxygens (including phenoxy) is 3. The van der Waals surface area contributed by atoms with Crippen molar-refractivity contribution in [2.45, 2.75) is 309 Å². The van der Waals surface area contributed by atoms with Gasteiger partial charge in [0.05, 0.1) is 26.4 Å². The molecular formula is C83H138O16P2. The van der Waals surface area contributed by atoms with Crippen LogP contribution in [-0.4, -0.2) is 95.9 Å². The second kappa shape index (κ2) is 74.9. The van der Waals surface area contributed by atoms with E-state index in [9.17, 15) is 43.5 Å². The van der Waals surface area contributed by atoms with E-state index < -0.39 is 91.5 Å². The summed E-state index contributed by atoms with van der Waals surface area (Å²) in [6.07, 6.45) is 92.8. The summed E-state index contributed by atoms with van der Waals surface area (Å²) in [4.78, 5) is 58.7. The number of carbonyl (C=O) groups excluding carboxylic acids is 3. The van der Waals surface area contributed by atoms with Crippen molar-refractivity contribution < 1.29 is 75.8 Å². The van der Waals surface area contributed by atoms with Crippen LogP contribution in [0.4, 0.5) is 0 Å². The quantitative estimate of drug-likeness (QED) is 0.0146. The van der Waals surface area contributed by atoms with Crippen molar-refractivity contribution in [1.82, 2.24) is 0 Å². The van der Waals surface area contributed by atoms with Gasteiger partial charge < -0.3 is 34.2 Å². The van der Waals surface area contributed by atoms with Crippen LogP contribution in [0, 0.1) is 0 Å². The number of unbranched alkanes of at least 4 members (excludes halogenated alkanes) is 23. The maximum atomic E-state index is 13.0. The van der Waals surface area contributed by atoms with Crippen LogP contribution in [0.3, 0.4) is 0 Å². The molecule has 0 aliphatic rings. The molecule has 4 N–H and O–H groups in total. The lowest BCUT2D eigenvalue weighted by atomic mass is 10.0. The second-order valence-corrected chi connectivity index (χ2v) is 28.3. The van der Waals surface area contributed by atoms with Gasteiger partial charge in [-0.05, 0) is 141 Å². The zero-order valence-corrected chi connectivity index (χ0v) is 64.6. The zero-order valence-electron chi connectivity index (χ0n) is 62.8. The number of hydrogen-bond acceptors (Lipinski definition) is 14. The fraction of sp³-hybridized carbons (Fsp3) is 0.651. The first-order valence-electron chi connectivity index (χ1n) is 38.8. The fourth-order valence-corrected chi connectivity index (χ4v) is 11.5. The van der Waals surface area contributed by atoms with Crippen molar-refractivity contribution in [2.75, 3.05) is 39.6 Å². The van der Waals surface area contributed by atoms with Gasteiger partial charge in [-0.3, -0.25) is 32.5 Å². The molecule has 0 aliphatic heterocycles. The highest BCUT2D eigenvalue weighted by Crippen LogP contribution is 2.45. The van der Waals surface area contributed by atoms with Gasteiger partial charge in [0.2, 0.25) is 0 Å². The molecule has 5 unspecified atom stereocenters. The van der Waals surface area contributed by atoms with Crippen LogP contribution in [0.1, 0.15) is 290 Å². The van der Waals surface area contributed by atoms with E-state index in [1.807, 2.05) is 0 Å². The van der Waals surface area contributed by atoms with Crippen LogP contribution < -0.4 is 0 Å². The van der Waals surface area contributed by atoms with Gasteiger partial charge in [-0.15, -0.1) is 0 Å². The van der Waals surface area contributed by atoms with Crippen molar-refractivity contribution in [3.63, 3.8) is 0 Å². The van der Waals surface area contributed by atoms with Crippen LogP contribution in [0.2, 0.25) is 0 Å². The van der Waals surface area contributed by atoms with Gasteiger partial charge in [0.15, 0.2) is 6.10 Å². The van der Waals surface area contributed by atoms with Crippen LogP contribution in [-0.2, 0) is 55.8 Å². The molecule has 5 atom stereocenters. The molecule has 0 aromatic heterocycles. The Morgan fingerprint density at radius 3 is 0.782 bits per heavy atom. The molecule has 0 aromatic carbocycles. The first-order valence-corrected chi connectivity index (χ1v) is 41.8. The molecule has 576 valence electrons. The van der Waals surface area contributed by atoms with E-state index in [2.05, 4.69) is 179 Å². The van der Waals surface area contributed by atoms with Crippen LogP contribution in [0.5, 0.6) is 0 Å². The molecule has 0 heterocycles. The largest absolute Gasteiger partial charge is 0.472 e. The maximum absolute atomic E-state index is 13.0. The highest BCUT2D eigenvalue weighted by Gasteiger charge is 2.29. The van der Waals surface area contributed by atoms with Crippen molar-refractivity contribution in [1.29, 1.82) is 0 Å². The summed E-state index contributed by atoms with van der Waals surface area (Å²) in [6, 6.07) is 0. The van der Waals surface area contributed by atoms with Gasteiger partial charge >= 0.3 is 33.6 Å². The Balaban J connectivity index is 4.63. The van der Waals surface area contributed by atoms with Crippen LogP contribution in [0.15, 0.2) is 158 Å². The summed E-state index contributed by atoms with van der Waals surface area (Å²) in [5.41, 5.74) is 0. The normalized spacial score (nSPS) is 14.9. The third kappa shape index (κ3) is 76.1. The monoisotopic (exact) mass is 1450 g/mol. The van der Waals surface area contributed by atoms with E-state index in [1.165, 1.54) is 44.9 Å². The molecule has 18 heteroatoms. The molecule has 0 saturated carbocycles. The third-order valence-corrected chi connectivity index (χ3v) is 17.6. The topological polar surface area (TPSA) is 231 Å². The number of hydrogen-bond donors (Lipinski definition) is 4. The molecule has 0 aromatic rings. The molecule has 0 spiro atoms. The predicted octanol–water partition coefficient (Wildman–Crippen LogP) is 22.6. The number of phosphoric acid groups is 2. The van der Waals surface area contributed by atoms with E-state index in [0.717, 1.165) is 186 Å². The standard InChI is InChI=1S/C83H138O16P2/c1-4-7-10-13-16-19-22-25-28-31-34-35-36-37-38-39-40-41-44-46-48-51-54-57-60-63-66-69-81(86)93-72-78(84)73-95-100(89,90)96-74-79(85)75-97-101(91,92)98-77-80(99-83(88)71-68-65-62-59-56-53-50-47-43-33-30-27-24-21-18-15-12-9-6-3)76-94-82(87)70-67-64-61-58-55-52-49-45-42-32-29-26-23-20-17-14-11-8-5-2/h7-12,16-21,25-30,34-35,37-38,42-43,45,47,78-80,84-85H,4-6,13-15,22-24,31-33,36,39-41,44,46,48-77H2,1-3H3,(H,89,90)(H,91,92)/b10-7-,11-8-,12-9-,19-16-,20-17-,21-18-,28-25-,29-26-,30-27-,35-34-,38-37-,45-42-,47-43-. The number of esters is 3. The third-order valence-electron chi connectivity index (χ3n) is 15.7. The number of rotatable bonds is 72. The second-order valence-electron chi connectivity index (χ2n) is 25.4. The molecule has 101 heavy (non-hydrogen) atoms. The van der Waals surface area contributed by atoms with Crippen molar-refractivity contribution in [2.24, 2.45) is 0 Å². The van der Waals surface area contributed by atoms with Gasteiger partial charge in [-0.2, -0.15) is 0 Å². The number of phosphoric ester groups is 2. The minimum absolute atomic E-state index is 0.0800. The van der Waals surface area contributed by atoms with E-state index >= 15 is 0 Å². The molecule has 0 fully saturated rings. The zero-order chi connectivity index (χ0) is 73.7. The molecule has 0 amide bonds. The van der Waals surface area contributed by atoms with E-state index in [1.54, 1.807) is 0 Å². The predicted molar refractivity (Wildman–Crippen MR) is 417 cm³/mol. The van der Waals surface area contributed by atoms with E-state index in [4.69, 9.17) is 32.3 Å². The number of aliphatic hydroxyl groups is 2. The maximum Gasteiger partial charge on any atom is 0.472 e. The molecule has 0 radical (unpaired) electrons. The van der Waals surface area contributed by atoms with Gasteiger partial charge in [-0.1, -0.05) is 288 Å². The number of aliphatic hydroxyl groups excluding tert-OH is 2. The lowest BCUT2D eigenvalue weighted by Gasteiger charge is -2.21. The molecular weight excluding hydrogens is 1310 g/mol. The Kier molecular flexibility index (Phi) is 71.3. The van der Waals surface area contributed by atoms with Gasteiger partial charge in [0, 0.05) is 19.3 Å². The smallest absolute Gasteiger partial charge is 0.463 e. The molecule has 16 nitrogen and oxygen atoms in total. The summed E-state index contributed by atoms with van der Waals surface area (Å²) < 4.78 is 61.1. The highest BCUT2D eigenvalue weighted by atomic mass is 31.2. The average Bonchev–Trinajstić information content (AvgIpc) is 3.19. The highest BCUT2D eigenvalue weighted by molar-refractivity contribution is 7.47. The van der Waals surface area contributed by atoms with Crippen molar-refractivity contribution >= 4 is 33.6 Å². The van der Waals surface area contributed by atoms with Gasteiger partial charge in [0.25, 0.3) is 0 Å². The summed E-state index contributed by atoms with van der Waals surface area (Å²) in [5, 5.41) is 20.6. The first-order chi connectivity index (χ1) is 49.2. The molecule has 0 saturated heterocycles. The Labute approximate surface area is 612 Å². The molecule has 0 rings (SSSR count). The van der Waals surface area contributed by atoms with Crippen LogP contribution in [0.25, 0.3) is 0 Å². The fourth-order valence-electron chi connectivity index (χ4n) is 9.93. The van der Waals surface area contributed by atoms with Crippen molar-refractivity contribution in [3.8, 4) is 0 Å². The van der Waals surface area contributed by atoms with Gasteiger partial charge in [0.1, 0.15) is 25.4 Å². The SMILES string of the molecule is CC/C=C\C/C=C\C/C=C\C/C=C\C/C=C\CCCCCCCCCCCCCC(=O)OCC(O)COP(=O)(O)OCC(O)COP(=O)(O)OCC(COC(=O)CCCCCCCC/C=C\C/C=C\C/C=C\C/C=C\CC)OC(=O)CCCCCCCC/C=C\C/C=C\C/C=C\C/C=C\CC. The lowest BCUT2D eigenvalue weighted by molar-refractivity contribution is -0.161. The average molecular weight is 1450 g/mol. The summed E-state index contributed by atoms with van der Waals surface area (Å²) >= 11 is 0. The van der Waals surface area contributed by atoms with E-state index in [-0.39, 0.29) is 19.3 Å². The van der Waals surface area contributed by atoms with E-state index in [0.29, 0.717) is 19.3 Å². The lowest BCUT2D eigenvalue weighted by Crippen LogP contribution is -2.30. The number of allylic oxidation sites excluding steroid dienone is 26. The summed E-state index contributed by atoms with van der Waals surface area (Å²) in [6.45, 7) is 2.30. The minimum atomic E-state index is -4.94.